The standard InChI is InChI=1S/C17H15NO3/c19-16(13-8-9-21-11-13)10-18-17(20)15-7-3-5-12-4-1-2-6-14(12)15/h1-9,11,16,19H,10H2,(H,18,20). The highest BCUT2D eigenvalue weighted by atomic mass is 16.3. The van der Waals surface area contributed by atoms with Gasteiger partial charge in [0, 0.05) is 17.7 Å². The molecule has 3 aromatic rings. The minimum atomic E-state index is -0.775. The molecule has 1 atom stereocenters. The van der Waals surface area contributed by atoms with E-state index in [0.29, 0.717) is 11.1 Å². The van der Waals surface area contributed by atoms with Crippen molar-refractivity contribution in [3.63, 3.8) is 0 Å². The van der Waals surface area contributed by atoms with Gasteiger partial charge in [0.2, 0.25) is 0 Å². The van der Waals surface area contributed by atoms with Crippen LogP contribution < -0.4 is 5.32 Å². The average molecular weight is 281 g/mol. The Bertz CT molecular complexity index is 744. The zero-order valence-electron chi connectivity index (χ0n) is 11.3. The molecule has 106 valence electrons. The number of benzene rings is 2. The number of amides is 1. The number of fused-ring (bicyclic) bond motifs is 1. The van der Waals surface area contributed by atoms with Crippen molar-refractivity contribution in [1.29, 1.82) is 0 Å². The summed E-state index contributed by atoms with van der Waals surface area (Å²) < 4.78 is 4.91. The maximum atomic E-state index is 12.3. The Morgan fingerprint density at radius 1 is 1.14 bits per heavy atom. The largest absolute Gasteiger partial charge is 0.472 e. The van der Waals surface area contributed by atoms with Gasteiger partial charge in [-0.25, -0.2) is 0 Å². The van der Waals surface area contributed by atoms with Crippen molar-refractivity contribution in [2.45, 2.75) is 6.10 Å². The van der Waals surface area contributed by atoms with Crippen LogP contribution in [0, 0.1) is 0 Å². The number of aliphatic hydroxyl groups is 1. The van der Waals surface area contributed by atoms with Gasteiger partial charge in [0.05, 0.1) is 18.6 Å². The van der Waals surface area contributed by atoms with E-state index in [1.54, 1.807) is 12.1 Å². The second-order valence-corrected chi connectivity index (χ2v) is 4.81. The van der Waals surface area contributed by atoms with Gasteiger partial charge in [-0.05, 0) is 22.9 Å². The van der Waals surface area contributed by atoms with E-state index in [2.05, 4.69) is 5.32 Å². The number of furan rings is 1. The highest BCUT2D eigenvalue weighted by Crippen LogP contribution is 2.18. The Hall–Kier alpha value is -2.59. The molecule has 21 heavy (non-hydrogen) atoms. The van der Waals surface area contributed by atoms with E-state index in [9.17, 15) is 9.90 Å². The number of hydrogen-bond donors (Lipinski definition) is 2. The van der Waals surface area contributed by atoms with Gasteiger partial charge < -0.3 is 14.8 Å². The van der Waals surface area contributed by atoms with E-state index in [-0.39, 0.29) is 12.5 Å². The van der Waals surface area contributed by atoms with E-state index in [1.165, 1.54) is 12.5 Å². The molecule has 0 bridgehead atoms. The van der Waals surface area contributed by atoms with Crippen LogP contribution in [0.2, 0.25) is 0 Å². The Morgan fingerprint density at radius 3 is 2.76 bits per heavy atom. The lowest BCUT2D eigenvalue weighted by Gasteiger charge is -2.11. The van der Waals surface area contributed by atoms with Crippen molar-refractivity contribution in [3.8, 4) is 0 Å². The molecule has 1 unspecified atom stereocenters. The van der Waals surface area contributed by atoms with Gasteiger partial charge in [0.1, 0.15) is 0 Å². The predicted molar refractivity (Wildman–Crippen MR) is 79.9 cm³/mol. The van der Waals surface area contributed by atoms with Crippen LogP contribution in [0.3, 0.4) is 0 Å². The van der Waals surface area contributed by atoms with Crippen molar-refractivity contribution >= 4 is 16.7 Å². The Balaban J connectivity index is 1.75. The first-order valence-corrected chi connectivity index (χ1v) is 6.72. The molecular weight excluding hydrogens is 266 g/mol. The molecule has 1 heterocycles. The second-order valence-electron chi connectivity index (χ2n) is 4.81. The van der Waals surface area contributed by atoms with Crippen LogP contribution in [-0.2, 0) is 0 Å². The molecule has 1 aromatic heterocycles. The minimum absolute atomic E-state index is 0.140. The van der Waals surface area contributed by atoms with Crippen LogP contribution >= 0.6 is 0 Å². The molecule has 3 rings (SSSR count). The maximum Gasteiger partial charge on any atom is 0.252 e. The maximum absolute atomic E-state index is 12.3. The highest BCUT2D eigenvalue weighted by molar-refractivity contribution is 6.06. The molecule has 0 aliphatic rings. The summed E-state index contributed by atoms with van der Waals surface area (Å²) in [6, 6.07) is 15.0. The molecule has 0 spiro atoms. The lowest BCUT2D eigenvalue weighted by atomic mass is 10.0. The van der Waals surface area contributed by atoms with Crippen LogP contribution in [0.5, 0.6) is 0 Å². The number of carbonyl (C=O) groups is 1. The van der Waals surface area contributed by atoms with Gasteiger partial charge in [0.15, 0.2) is 0 Å². The van der Waals surface area contributed by atoms with Crippen LogP contribution in [-0.4, -0.2) is 17.6 Å². The molecule has 4 heteroatoms. The van der Waals surface area contributed by atoms with E-state index in [1.807, 2.05) is 36.4 Å². The van der Waals surface area contributed by atoms with Gasteiger partial charge in [-0.15, -0.1) is 0 Å². The predicted octanol–water partition coefficient (Wildman–Crippen LogP) is 2.90. The summed E-state index contributed by atoms with van der Waals surface area (Å²) in [6.07, 6.45) is 2.18. The van der Waals surface area contributed by atoms with Gasteiger partial charge in [0.25, 0.3) is 5.91 Å². The molecule has 2 N–H and O–H groups in total. The summed E-state index contributed by atoms with van der Waals surface area (Å²) in [5.41, 5.74) is 1.25. The van der Waals surface area contributed by atoms with E-state index < -0.39 is 6.10 Å². The van der Waals surface area contributed by atoms with Crippen LogP contribution in [0.25, 0.3) is 10.8 Å². The number of rotatable bonds is 4. The third kappa shape index (κ3) is 2.80. The Labute approximate surface area is 122 Å². The Kier molecular flexibility index (Phi) is 3.71. The fourth-order valence-electron chi connectivity index (χ4n) is 2.29. The quantitative estimate of drug-likeness (QED) is 0.773. The number of carbonyl (C=O) groups excluding carboxylic acids is 1. The number of aliphatic hydroxyl groups excluding tert-OH is 1. The molecule has 0 saturated carbocycles. The zero-order chi connectivity index (χ0) is 14.7. The molecule has 0 aliphatic carbocycles. The van der Waals surface area contributed by atoms with Crippen LogP contribution in [0.15, 0.2) is 65.5 Å². The Morgan fingerprint density at radius 2 is 1.95 bits per heavy atom. The van der Waals surface area contributed by atoms with Crippen LogP contribution in [0.1, 0.15) is 22.0 Å². The van der Waals surface area contributed by atoms with Gasteiger partial charge >= 0.3 is 0 Å². The van der Waals surface area contributed by atoms with E-state index in [0.717, 1.165) is 10.8 Å². The molecule has 0 aliphatic heterocycles. The van der Waals surface area contributed by atoms with Crippen LogP contribution in [0.4, 0.5) is 0 Å². The number of nitrogens with one attached hydrogen (secondary N) is 1. The third-order valence-corrected chi connectivity index (χ3v) is 3.42. The normalized spacial score (nSPS) is 12.2. The lowest BCUT2D eigenvalue weighted by Crippen LogP contribution is -2.28. The summed E-state index contributed by atoms with van der Waals surface area (Å²) in [4.78, 5) is 12.3. The van der Waals surface area contributed by atoms with Crippen molar-refractivity contribution in [2.75, 3.05) is 6.54 Å². The molecular formula is C17H15NO3. The summed E-state index contributed by atoms with van der Waals surface area (Å²) in [6.45, 7) is 0.140. The minimum Gasteiger partial charge on any atom is -0.472 e. The van der Waals surface area contributed by atoms with Crippen molar-refractivity contribution in [3.05, 3.63) is 72.2 Å². The van der Waals surface area contributed by atoms with Gasteiger partial charge in [-0.2, -0.15) is 0 Å². The van der Waals surface area contributed by atoms with E-state index >= 15 is 0 Å². The molecule has 0 fully saturated rings. The first kappa shape index (κ1) is 13.4. The third-order valence-electron chi connectivity index (χ3n) is 3.42. The monoisotopic (exact) mass is 281 g/mol. The molecule has 4 nitrogen and oxygen atoms in total. The van der Waals surface area contributed by atoms with Gasteiger partial charge in [-0.3, -0.25) is 4.79 Å². The summed E-state index contributed by atoms with van der Waals surface area (Å²) in [5.74, 6) is -0.200. The first-order chi connectivity index (χ1) is 10.3. The summed E-state index contributed by atoms with van der Waals surface area (Å²) in [5, 5.41) is 14.6. The zero-order valence-corrected chi connectivity index (χ0v) is 11.3. The molecule has 0 radical (unpaired) electrons. The lowest BCUT2D eigenvalue weighted by molar-refractivity contribution is 0.0917. The fraction of sp³-hybridized carbons (Fsp3) is 0.118. The number of hydrogen-bond acceptors (Lipinski definition) is 3. The first-order valence-electron chi connectivity index (χ1n) is 6.72. The van der Waals surface area contributed by atoms with Crippen molar-refractivity contribution in [2.24, 2.45) is 0 Å². The second kappa shape index (κ2) is 5.81. The average Bonchev–Trinajstić information content (AvgIpc) is 3.06. The molecule has 0 saturated heterocycles. The summed E-state index contributed by atoms with van der Waals surface area (Å²) >= 11 is 0. The van der Waals surface area contributed by atoms with Crippen molar-refractivity contribution in [1.82, 2.24) is 5.32 Å². The SMILES string of the molecule is O=C(NCC(O)c1ccoc1)c1cccc2ccccc12. The molecule has 1 amide bonds. The van der Waals surface area contributed by atoms with E-state index in [4.69, 9.17) is 4.42 Å². The molecule has 2 aromatic carbocycles. The van der Waals surface area contributed by atoms with Gasteiger partial charge in [-0.1, -0.05) is 36.4 Å². The van der Waals surface area contributed by atoms with Crippen molar-refractivity contribution < 1.29 is 14.3 Å². The summed E-state index contributed by atoms with van der Waals surface area (Å²) in [7, 11) is 0. The highest BCUT2D eigenvalue weighted by Gasteiger charge is 2.13. The fourth-order valence-corrected chi connectivity index (χ4v) is 2.29. The topological polar surface area (TPSA) is 62.5 Å². The smallest absolute Gasteiger partial charge is 0.252 e.